The number of amides is 1. The quantitative estimate of drug-likeness (QED) is 0.387. The second kappa shape index (κ2) is 6.25. The molecule has 6 heteroatoms. The summed E-state index contributed by atoms with van der Waals surface area (Å²) in [5.74, 6) is -0.0241. The van der Waals surface area contributed by atoms with Gasteiger partial charge in [-0.15, -0.1) is 0 Å². The summed E-state index contributed by atoms with van der Waals surface area (Å²) in [7, 11) is 0. The molecule has 1 aliphatic carbocycles. The van der Waals surface area contributed by atoms with Crippen LogP contribution in [0.5, 0.6) is 0 Å². The van der Waals surface area contributed by atoms with Gasteiger partial charge in [-0.25, -0.2) is 4.79 Å². The third-order valence-electron chi connectivity index (χ3n) is 3.33. The molecule has 0 radical (unpaired) electrons. The molecule has 1 aromatic rings. The van der Waals surface area contributed by atoms with Crippen LogP contribution in [0.4, 0.5) is 4.79 Å². The summed E-state index contributed by atoms with van der Waals surface area (Å²) in [5, 5.41) is 12.2. The summed E-state index contributed by atoms with van der Waals surface area (Å²) < 4.78 is 5.49. The fourth-order valence-corrected chi connectivity index (χ4v) is 2.30. The molecule has 0 spiro atoms. The summed E-state index contributed by atoms with van der Waals surface area (Å²) in [6.45, 7) is 5.45. The zero-order valence-electron chi connectivity index (χ0n) is 13.2. The highest BCUT2D eigenvalue weighted by molar-refractivity contribution is 5.90. The van der Waals surface area contributed by atoms with E-state index in [4.69, 9.17) is 15.7 Å². The molecule has 6 nitrogen and oxygen atoms in total. The molecule has 22 heavy (non-hydrogen) atoms. The number of rotatable bonds is 4. The van der Waals surface area contributed by atoms with E-state index in [9.17, 15) is 4.79 Å². The van der Waals surface area contributed by atoms with Crippen LogP contribution in [0, 0.1) is 0 Å². The molecule has 0 heterocycles. The molecule has 1 atom stereocenters. The number of benzene rings is 1. The Morgan fingerprint density at radius 2 is 1.95 bits per heavy atom. The highest BCUT2D eigenvalue weighted by atomic mass is 16.6. The van der Waals surface area contributed by atoms with Crippen molar-refractivity contribution < 1.29 is 14.7 Å². The maximum absolute atomic E-state index is 12.6. The van der Waals surface area contributed by atoms with Gasteiger partial charge in [0.15, 0.2) is 5.84 Å². The standard InChI is InChI=1S/C16H23N3O3/c1-16(2,3)22-15(20)19(12-9-10-12)13(14(17)18-21)11-7-5-4-6-8-11/h4-8,12-13,21H,9-10H2,1-3H3,(H2,17,18). The smallest absolute Gasteiger partial charge is 0.411 e. The van der Waals surface area contributed by atoms with Crippen molar-refractivity contribution in [1.29, 1.82) is 0 Å². The van der Waals surface area contributed by atoms with Crippen molar-refractivity contribution in [3.05, 3.63) is 35.9 Å². The first kappa shape index (κ1) is 16.1. The van der Waals surface area contributed by atoms with Crippen LogP contribution < -0.4 is 5.73 Å². The van der Waals surface area contributed by atoms with Gasteiger partial charge < -0.3 is 15.7 Å². The molecule has 1 fully saturated rings. The minimum atomic E-state index is -0.631. The lowest BCUT2D eigenvalue weighted by atomic mass is 10.0. The fourth-order valence-electron chi connectivity index (χ4n) is 2.30. The van der Waals surface area contributed by atoms with Gasteiger partial charge in [-0.2, -0.15) is 0 Å². The second-order valence-electron chi connectivity index (χ2n) is 6.46. The maximum atomic E-state index is 12.6. The van der Waals surface area contributed by atoms with E-state index in [0.29, 0.717) is 0 Å². The Morgan fingerprint density at radius 3 is 2.41 bits per heavy atom. The Balaban J connectivity index is 2.36. The first-order valence-corrected chi connectivity index (χ1v) is 7.37. The lowest BCUT2D eigenvalue weighted by Crippen LogP contribution is -2.45. The van der Waals surface area contributed by atoms with Crippen LogP contribution in [0.25, 0.3) is 0 Å². The first-order valence-electron chi connectivity index (χ1n) is 7.37. The van der Waals surface area contributed by atoms with E-state index in [-0.39, 0.29) is 11.9 Å². The van der Waals surface area contributed by atoms with Gasteiger partial charge in [0.05, 0.1) is 0 Å². The predicted octanol–water partition coefficient (Wildman–Crippen LogP) is 2.87. The van der Waals surface area contributed by atoms with E-state index >= 15 is 0 Å². The molecule has 0 bridgehead atoms. The molecule has 0 saturated heterocycles. The second-order valence-corrected chi connectivity index (χ2v) is 6.46. The van der Waals surface area contributed by atoms with Crippen LogP contribution in [-0.4, -0.2) is 33.7 Å². The lowest BCUT2D eigenvalue weighted by molar-refractivity contribution is 0.0190. The van der Waals surface area contributed by atoms with Gasteiger partial charge in [0.1, 0.15) is 11.6 Å². The number of nitrogens with two attached hydrogens (primary N) is 1. The monoisotopic (exact) mass is 305 g/mol. The lowest BCUT2D eigenvalue weighted by Gasteiger charge is -2.33. The van der Waals surface area contributed by atoms with Crippen LogP contribution in [0.3, 0.4) is 0 Å². The van der Waals surface area contributed by atoms with E-state index in [1.54, 1.807) is 4.90 Å². The summed E-state index contributed by atoms with van der Waals surface area (Å²) >= 11 is 0. The number of hydrogen-bond acceptors (Lipinski definition) is 4. The fraction of sp³-hybridized carbons (Fsp3) is 0.500. The first-order chi connectivity index (χ1) is 10.3. The minimum absolute atomic E-state index is 0.0241. The molecule has 1 aromatic carbocycles. The van der Waals surface area contributed by atoms with Gasteiger partial charge in [-0.3, -0.25) is 4.90 Å². The molecular weight excluding hydrogens is 282 g/mol. The summed E-state index contributed by atoms with van der Waals surface area (Å²) in [4.78, 5) is 14.2. The molecule has 0 aromatic heterocycles. The SMILES string of the molecule is CC(C)(C)OC(=O)N(C1CC1)C(/C(N)=N/O)c1ccccc1. The number of amidine groups is 1. The van der Waals surface area contributed by atoms with Crippen LogP contribution >= 0.6 is 0 Å². The van der Waals surface area contributed by atoms with E-state index in [2.05, 4.69) is 5.16 Å². The van der Waals surface area contributed by atoms with Gasteiger partial charge in [-0.1, -0.05) is 35.5 Å². The van der Waals surface area contributed by atoms with Crippen LogP contribution in [0.2, 0.25) is 0 Å². The Bertz CT molecular complexity index is 548. The number of carbonyl (C=O) groups excluding carboxylic acids is 1. The number of ether oxygens (including phenoxy) is 1. The molecule has 1 aliphatic rings. The number of oxime groups is 1. The minimum Gasteiger partial charge on any atom is -0.444 e. The van der Waals surface area contributed by atoms with Crippen molar-refractivity contribution in [2.24, 2.45) is 10.9 Å². The normalized spacial score (nSPS) is 17.0. The van der Waals surface area contributed by atoms with Crippen molar-refractivity contribution >= 4 is 11.9 Å². The zero-order chi connectivity index (χ0) is 16.3. The average molecular weight is 305 g/mol. The van der Waals surface area contributed by atoms with Gasteiger partial charge in [0.2, 0.25) is 0 Å². The van der Waals surface area contributed by atoms with Crippen molar-refractivity contribution in [1.82, 2.24) is 4.90 Å². The molecule has 1 amide bonds. The summed E-state index contributed by atoms with van der Waals surface area (Å²) in [6.07, 6.45) is 1.33. The van der Waals surface area contributed by atoms with Crippen molar-refractivity contribution in [2.75, 3.05) is 0 Å². The van der Waals surface area contributed by atoms with Gasteiger partial charge in [0, 0.05) is 6.04 Å². The molecule has 1 saturated carbocycles. The van der Waals surface area contributed by atoms with Crippen molar-refractivity contribution in [3.63, 3.8) is 0 Å². The van der Waals surface area contributed by atoms with Crippen LogP contribution in [-0.2, 0) is 4.74 Å². The number of carbonyl (C=O) groups is 1. The Kier molecular flexibility index (Phi) is 4.59. The van der Waals surface area contributed by atoms with Gasteiger partial charge in [-0.05, 0) is 39.2 Å². The van der Waals surface area contributed by atoms with Crippen LogP contribution in [0.15, 0.2) is 35.5 Å². The Hall–Kier alpha value is -2.24. The number of nitrogens with zero attached hydrogens (tertiary/aromatic N) is 2. The molecular formula is C16H23N3O3. The summed E-state index contributed by atoms with van der Waals surface area (Å²) in [5.41, 5.74) is 6.05. The highest BCUT2D eigenvalue weighted by Gasteiger charge is 2.42. The van der Waals surface area contributed by atoms with E-state index < -0.39 is 17.7 Å². The topological polar surface area (TPSA) is 88.2 Å². The van der Waals surface area contributed by atoms with Gasteiger partial charge >= 0.3 is 6.09 Å². The third-order valence-corrected chi connectivity index (χ3v) is 3.33. The third kappa shape index (κ3) is 3.90. The molecule has 0 aliphatic heterocycles. The molecule has 3 N–H and O–H groups in total. The predicted molar refractivity (Wildman–Crippen MR) is 83.7 cm³/mol. The van der Waals surface area contributed by atoms with Crippen molar-refractivity contribution in [3.8, 4) is 0 Å². The van der Waals surface area contributed by atoms with Crippen molar-refractivity contribution in [2.45, 2.75) is 51.3 Å². The highest BCUT2D eigenvalue weighted by Crippen LogP contribution is 2.36. The van der Waals surface area contributed by atoms with E-state index in [0.717, 1.165) is 18.4 Å². The Morgan fingerprint density at radius 1 is 1.36 bits per heavy atom. The summed E-state index contributed by atoms with van der Waals surface area (Å²) in [6, 6.07) is 8.71. The zero-order valence-corrected chi connectivity index (χ0v) is 13.2. The van der Waals surface area contributed by atoms with E-state index in [1.807, 2.05) is 51.1 Å². The maximum Gasteiger partial charge on any atom is 0.411 e. The van der Waals surface area contributed by atoms with Crippen LogP contribution in [0.1, 0.15) is 45.2 Å². The molecule has 1 unspecified atom stereocenters. The van der Waals surface area contributed by atoms with Gasteiger partial charge in [0.25, 0.3) is 0 Å². The Labute approximate surface area is 130 Å². The van der Waals surface area contributed by atoms with E-state index in [1.165, 1.54) is 0 Å². The molecule has 2 rings (SSSR count). The average Bonchev–Trinajstić information content (AvgIpc) is 3.27. The number of hydrogen-bond donors (Lipinski definition) is 2. The largest absolute Gasteiger partial charge is 0.444 e. The molecule has 120 valence electrons.